The number of hydrogen-bond acceptors (Lipinski definition) is 4. The summed E-state index contributed by atoms with van der Waals surface area (Å²) < 4.78 is 27.3. The number of aryl methyl sites for hydroxylation is 1. The molecule has 3 aromatic rings. The van der Waals surface area contributed by atoms with Crippen LogP contribution in [-0.2, 0) is 34.1 Å². The molecule has 37 heavy (non-hydrogen) atoms. The average Bonchev–Trinajstić information content (AvgIpc) is 3.50. The van der Waals surface area contributed by atoms with Crippen molar-refractivity contribution in [2.75, 3.05) is 13.1 Å². The number of H-pyrrole nitrogens is 1. The zero-order valence-electron chi connectivity index (χ0n) is 20.6. The second-order valence-corrected chi connectivity index (χ2v) is 12.4. The van der Waals surface area contributed by atoms with Crippen molar-refractivity contribution in [1.29, 1.82) is 0 Å². The average molecular weight is 562 g/mol. The molecule has 1 aliphatic carbocycles. The van der Waals surface area contributed by atoms with Crippen molar-refractivity contribution < 1.29 is 13.2 Å². The highest BCUT2D eigenvalue weighted by atomic mass is 35.5. The van der Waals surface area contributed by atoms with Gasteiger partial charge in [0.05, 0.1) is 16.9 Å². The Morgan fingerprint density at radius 1 is 1.11 bits per heavy atom. The van der Waals surface area contributed by atoms with Gasteiger partial charge >= 0.3 is 0 Å². The summed E-state index contributed by atoms with van der Waals surface area (Å²) >= 11 is 13.3. The monoisotopic (exact) mass is 560 g/mol. The van der Waals surface area contributed by atoms with Gasteiger partial charge in [0.2, 0.25) is 15.9 Å². The summed E-state index contributed by atoms with van der Waals surface area (Å²) in [6, 6.07) is 10.5. The lowest BCUT2D eigenvalue weighted by Gasteiger charge is -2.31. The van der Waals surface area contributed by atoms with Crippen molar-refractivity contribution in [2.24, 2.45) is 5.92 Å². The molecule has 196 valence electrons. The highest BCUT2D eigenvalue weighted by Crippen LogP contribution is 2.36. The fourth-order valence-corrected chi connectivity index (χ4v) is 7.10. The van der Waals surface area contributed by atoms with Gasteiger partial charge in [-0.1, -0.05) is 42.3 Å². The molecule has 7 nitrogen and oxygen atoms in total. The van der Waals surface area contributed by atoms with E-state index in [4.69, 9.17) is 23.2 Å². The molecule has 1 fully saturated rings. The zero-order valence-corrected chi connectivity index (χ0v) is 23.0. The molecule has 1 saturated heterocycles. The van der Waals surface area contributed by atoms with Crippen LogP contribution in [0.1, 0.15) is 43.1 Å². The molecule has 2 aliphatic rings. The Morgan fingerprint density at radius 3 is 2.54 bits per heavy atom. The number of hydrogen-bond donors (Lipinski definition) is 2. The number of aromatic amines is 1. The number of halogens is 2. The molecule has 0 spiro atoms. The van der Waals surface area contributed by atoms with Crippen LogP contribution in [-0.4, -0.2) is 48.3 Å². The normalized spacial score (nSPS) is 19.9. The van der Waals surface area contributed by atoms with Crippen LogP contribution in [0.3, 0.4) is 0 Å². The minimum atomic E-state index is -3.53. The molecule has 0 saturated carbocycles. The Hall–Kier alpha value is -2.39. The first-order chi connectivity index (χ1) is 17.8. The van der Waals surface area contributed by atoms with Crippen LogP contribution >= 0.6 is 23.2 Å². The third-order valence-corrected chi connectivity index (χ3v) is 9.54. The first-order valence-electron chi connectivity index (χ1n) is 12.7. The summed E-state index contributed by atoms with van der Waals surface area (Å²) in [6.07, 6.45) is 6.37. The van der Waals surface area contributed by atoms with Crippen LogP contribution in [0.2, 0.25) is 10.0 Å². The smallest absolute Gasteiger partial charge is 0.240 e. The summed E-state index contributed by atoms with van der Waals surface area (Å²) in [4.78, 5) is 23.1. The summed E-state index contributed by atoms with van der Waals surface area (Å²) in [7, 11) is -3.53. The number of nitrogens with one attached hydrogen (secondary N) is 2. The van der Waals surface area contributed by atoms with Crippen molar-refractivity contribution in [2.45, 2.75) is 56.4 Å². The molecule has 2 aromatic carbocycles. The van der Waals surface area contributed by atoms with Gasteiger partial charge in [0.15, 0.2) is 0 Å². The fraction of sp³-hybridized carbons (Fsp3) is 0.407. The fourth-order valence-electron chi connectivity index (χ4n) is 5.32. The lowest BCUT2D eigenvalue weighted by atomic mass is 9.94. The second kappa shape index (κ2) is 10.8. The number of aromatic nitrogens is 2. The molecule has 1 amide bonds. The van der Waals surface area contributed by atoms with Crippen LogP contribution in [0.5, 0.6) is 0 Å². The molecule has 1 unspecified atom stereocenters. The molecule has 10 heteroatoms. The lowest BCUT2D eigenvalue weighted by Crippen LogP contribution is -2.41. The van der Waals surface area contributed by atoms with Crippen molar-refractivity contribution >= 4 is 39.1 Å². The number of sulfonamides is 1. The second-order valence-electron chi connectivity index (χ2n) is 9.79. The highest BCUT2D eigenvalue weighted by molar-refractivity contribution is 7.89. The molecular formula is C27H30Cl2N4O3S. The number of amides is 1. The number of fused-ring (bicyclic) bond motifs is 1. The largest absolute Gasteiger partial charge is 0.348 e. The van der Waals surface area contributed by atoms with E-state index in [9.17, 15) is 13.2 Å². The van der Waals surface area contributed by atoms with Crippen molar-refractivity contribution in [1.82, 2.24) is 19.6 Å². The van der Waals surface area contributed by atoms with Crippen molar-refractivity contribution in [3.8, 4) is 11.1 Å². The van der Waals surface area contributed by atoms with E-state index in [-0.39, 0.29) is 22.8 Å². The Bertz CT molecular complexity index is 1380. The number of benzene rings is 2. The summed E-state index contributed by atoms with van der Waals surface area (Å²) in [5, 5.41) is 1.02. The molecule has 5 rings (SSSR count). The summed E-state index contributed by atoms with van der Waals surface area (Å²) in [5.74, 6) is 0.0155. The van der Waals surface area contributed by atoms with Gasteiger partial charge in [-0.2, -0.15) is 0 Å². The quantitative estimate of drug-likeness (QED) is 0.404. The van der Waals surface area contributed by atoms with E-state index in [2.05, 4.69) is 14.7 Å². The molecule has 2 heterocycles. The van der Waals surface area contributed by atoms with Gasteiger partial charge in [-0.05, 0) is 73.1 Å². The van der Waals surface area contributed by atoms with Gasteiger partial charge in [-0.25, -0.2) is 18.1 Å². The van der Waals surface area contributed by atoms with Gasteiger partial charge in [0.25, 0.3) is 0 Å². The van der Waals surface area contributed by atoms with E-state index in [1.54, 1.807) is 30.6 Å². The van der Waals surface area contributed by atoms with Gasteiger partial charge < -0.3 is 9.88 Å². The minimum Gasteiger partial charge on any atom is -0.348 e. The molecule has 2 atom stereocenters. The van der Waals surface area contributed by atoms with Crippen LogP contribution < -0.4 is 4.72 Å². The molecule has 1 aromatic heterocycles. The van der Waals surface area contributed by atoms with E-state index in [1.165, 1.54) is 0 Å². The third kappa shape index (κ3) is 5.43. The maximum absolute atomic E-state index is 13.3. The molecule has 2 N–H and O–H groups in total. The maximum atomic E-state index is 13.3. The Labute approximate surface area is 227 Å². The van der Waals surface area contributed by atoms with Crippen LogP contribution in [0.4, 0.5) is 0 Å². The number of rotatable bonds is 8. The van der Waals surface area contributed by atoms with Gasteiger partial charge in [0, 0.05) is 47.2 Å². The first-order valence-corrected chi connectivity index (χ1v) is 14.9. The maximum Gasteiger partial charge on any atom is 0.240 e. The van der Waals surface area contributed by atoms with E-state index >= 15 is 0 Å². The minimum absolute atomic E-state index is 0.149. The van der Waals surface area contributed by atoms with Crippen LogP contribution in [0.25, 0.3) is 11.1 Å². The third-order valence-electron chi connectivity index (χ3n) is 7.38. The van der Waals surface area contributed by atoms with Crippen molar-refractivity contribution in [3.05, 3.63) is 69.7 Å². The Kier molecular flexibility index (Phi) is 7.63. The summed E-state index contributed by atoms with van der Waals surface area (Å²) in [5.41, 5.74) is 4.62. The highest BCUT2D eigenvalue weighted by Gasteiger charge is 2.38. The molecule has 0 bridgehead atoms. The van der Waals surface area contributed by atoms with Gasteiger partial charge in [0.1, 0.15) is 0 Å². The van der Waals surface area contributed by atoms with E-state index in [0.717, 1.165) is 66.7 Å². The number of carbonyl (C=O) groups is 1. The summed E-state index contributed by atoms with van der Waals surface area (Å²) in [6.45, 7) is 3.05. The van der Waals surface area contributed by atoms with Gasteiger partial charge in [-0.3, -0.25) is 4.79 Å². The molecule has 1 aliphatic heterocycles. The predicted octanol–water partition coefficient (Wildman–Crippen LogP) is 5.02. The molecule has 0 radical (unpaired) electrons. The van der Waals surface area contributed by atoms with Gasteiger partial charge in [-0.15, -0.1) is 0 Å². The first kappa shape index (κ1) is 26.2. The lowest BCUT2D eigenvalue weighted by molar-refractivity contribution is -0.133. The topological polar surface area (TPSA) is 95.2 Å². The van der Waals surface area contributed by atoms with Crippen LogP contribution in [0, 0.1) is 5.92 Å². The van der Waals surface area contributed by atoms with E-state index < -0.39 is 10.0 Å². The molecular weight excluding hydrogens is 531 g/mol. The number of nitrogens with zero attached hydrogens (tertiary/aromatic N) is 2. The van der Waals surface area contributed by atoms with E-state index in [1.807, 2.05) is 24.0 Å². The predicted molar refractivity (Wildman–Crippen MR) is 145 cm³/mol. The SMILES string of the molecule is CCCNS(=O)(=O)c1ccc(-c2cc(Cl)c(C[C@@H]3CCN(C4CCc5nc[nH]c5C4)C3=O)c(Cl)c2)cc1. The number of likely N-dealkylation sites (tertiary alicyclic amines) is 1. The number of imidazole rings is 1. The Balaban J connectivity index is 1.28. The van der Waals surface area contributed by atoms with Crippen LogP contribution in [0.15, 0.2) is 47.6 Å². The Morgan fingerprint density at radius 2 is 1.84 bits per heavy atom. The van der Waals surface area contributed by atoms with E-state index in [0.29, 0.717) is 23.0 Å². The zero-order chi connectivity index (χ0) is 26.2. The standard InChI is InChI=1S/C27H30Cl2N4O3S/c1-2-10-32-37(35,36)21-6-3-17(4-7-21)19-13-23(28)22(24(29)14-19)12-18-9-11-33(27(18)34)20-5-8-25-26(15-20)31-16-30-25/h3-4,6-7,13-14,16,18,20,32H,2,5,8-12,15H2,1H3,(H,30,31)/t18-,20?/m0/s1. The number of carbonyl (C=O) groups excluding carboxylic acids is 1. The van der Waals surface area contributed by atoms with Crippen molar-refractivity contribution in [3.63, 3.8) is 0 Å².